The Hall–Kier alpha value is -1.99. The van der Waals surface area contributed by atoms with Gasteiger partial charge in [-0.15, -0.1) is 0 Å². The maximum absolute atomic E-state index is 12.9. The Morgan fingerprint density at radius 2 is 1.90 bits per heavy atom. The second-order valence-corrected chi connectivity index (χ2v) is 5.60. The number of hydrazine groups is 1. The van der Waals surface area contributed by atoms with Crippen molar-refractivity contribution in [2.45, 2.75) is 37.9 Å². The Bertz CT molecular complexity index is 545. The molecule has 1 amide bonds. The van der Waals surface area contributed by atoms with E-state index in [4.69, 9.17) is 5.11 Å². The standard InChI is InChI=1S/C14H18FN3O3/c1-14(2,13(20)21)16-12(19)11-7-10(17-18-11)8-3-5-9(15)6-4-8/h3-6,10-11,17-18H,7H2,1-2H3,(H,16,19)(H,20,21). The molecule has 7 heteroatoms. The zero-order valence-electron chi connectivity index (χ0n) is 11.8. The molecule has 2 unspecified atom stereocenters. The van der Waals surface area contributed by atoms with Gasteiger partial charge in [0, 0.05) is 6.04 Å². The molecule has 1 heterocycles. The van der Waals surface area contributed by atoms with Crippen molar-refractivity contribution in [3.8, 4) is 0 Å². The largest absolute Gasteiger partial charge is 0.480 e. The number of halogens is 1. The fourth-order valence-electron chi connectivity index (χ4n) is 2.09. The highest BCUT2D eigenvalue weighted by Crippen LogP contribution is 2.22. The van der Waals surface area contributed by atoms with Crippen LogP contribution in [-0.2, 0) is 9.59 Å². The van der Waals surface area contributed by atoms with Crippen LogP contribution < -0.4 is 16.2 Å². The lowest BCUT2D eigenvalue weighted by molar-refractivity contribution is -0.146. The molecule has 4 N–H and O–H groups in total. The Balaban J connectivity index is 1.97. The number of carbonyl (C=O) groups is 2. The van der Waals surface area contributed by atoms with Gasteiger partial charge in [0.1, 0.15) is 17.4 Å². The predicted octanol–water partition coefficient (Wildman–Crippen LogP) is 0.713. The molecule has 1 aromatic carbocycles. The van der Waals surface area contributed by atoms with Crippen LogP contribution in [0.2, 0.25) is 0 Å². The first-order chi connectivity index (χ1) is 9.79. The molecule has 0 radical (unpaired) electrons. The Labute approximate surface area is 121 Å². The summed E-state index contributed by atoms with van der Waals surface area (Å²) < 4.78 is 12.9. The molecule has 114 valence electrons. The first-order valence-electron chi connectivity index (χ1n) is 6.61. The van der Waals surface area contributed by atoms with E-state index in [9.17, 15) is 14.0 Å². The highest BCUT2D eigenvalue weighted by molar-refractivity contribution is 5.89. The van der Waals surface area contributed by atoms with Gasteiger partial charge < -0.3 is 10.4 Å². The van der Waals surface area contributed by atoms with E-state index >= 15 is 0 Å². The highest BCUT2D eigenvalue weighted by atomic mass is 19.1. The smallest absolute Gasteiger partial charge is 0.328 e. The minimum atomic E-state index is -1.33. The first kappa shape index (κ1) is 15.4. The maximum Gasteiger partial charge on any atom is 0.328 e. The summed E-state index contributed by atoms with van der Waals surface area (Å²) in [4.78, 5) is 23.1. The van der Waals surface area contributed by atoms with Gasteiger partial charge in [0.25, 0.3) is 0 Å². The van der Waals surface area contributed by atoms with Gasteiger partial charge in [-0.1, -0.05) is 12.1 Å². The van der Waals surface area contributed by atoms with Gasteiger partial charge in [-0.3, -0.25) is 4.79 Å². The van der Waals surface area contributed by atoms with Crippen LogP contribution in [0.25, 0.3) is 0 Å². The summed E-state index contributed by atoms with van der Waals surface area (Å²) in [7, 11) is 0. The summed E-state index contributed by atoms with van der Waals surface area (Å²) >= 11 is 0. The summed E-state index contributed by atoms with van der Waals surface area (Å²) in [6.07, 6.45) is 0.452. The van der Waals surface area contributed by atoms with Gasteiger partial charge in [0.2, 0.25) is 5.91 Å². The number of nitrogens with one attached hydrogen (secondary N) is 3. The molecule has 0 spiro atoms. The lowest BCUT2D eigenvalue weighted by Crippen LogP contribution is -2.55. The zero-order chi connectivity index (χ0) is 15.6. The van der Waals surface area contributed by atoms with Crippen molar-refractivity contribution >= 4 is 11.9 Å². The fraction of sp³-hybridized carbons (Fsp3) is 0.429. The second-order valence-electron chi connectivity index (χ2n) is 5.60. The lowest BCUT2D eigenvalue weighted by Gasteiger charge is -2.23. The normalized spacial score (nSPS) is 22.0. The number of hydrogen-bond acceptors (Lipinski definition) is 4. The van der Waals surface area contributed by atoms with Crippen LogP contribution in [0.3, 0.4) is 0 Å². The van der Waals surface area contributed by atoms with Gasteiger partial charge in [0.15, 0.2) is 0 Å². The average Bonchev–Trinajstić information content (AvgIpc) is 2.88. The molecule has 21 heavy (non-hydrogen) atoms. The third-order valence-electron chi connectivity index (χ3n) is 3.46. The van der Waals surface area contributed by atoms with E-state index in [1.165, 1.54) is 26.0 Å². The number of rotatable bonds is 4. The molecule has 1 aliphatic heterocycles. The number of hydrogen-bond donors (Lipinski definition) is 4. The second kappa shape index (κ2) is 5.79. The van der Waals surface area contributed by atoms with Crippen molar-refractivity contribution in [2.24, 2.45) is 0 Å². The summed E-state index contributed by atoms with van der Waals surface area (Å²) in [6, 6.07) is 5.34. The van der Waals surface area contributed by atoms with Gasteiger partial charge in [-0.25, -0.2) is 20.0 Å². The maximum atomic E-state index is 12.9. The van der Waals surface area contributed by atoms with Crippen LogP contribution in [0.1, 0.15) is 31.9 Å². The van der Waals surface area contributed by atoms with E-state index in [-0.39, 0.29) is 17.8 Å². The molecule has 0 aliphatic carbocycles. The number of benzene rings is 1. The Kier molecular flexibility index (Phi) is 4.24. The van der Waals surface area contributed by atoms with Crippen molar-refractivity contribution < 1.29 is 19.1 Å². The number of carboxylic acid groups (broad SMARTS) is 1. The van der Waals surface area contributed by atoms with Crippen molar-refractivity contribution in [2.75, 3.05) is 0 Å². The van der Waals surface area contributed by atoms with Crippen molar-refractivity contribution in [3.63, 3.8) is 0 Å². The molecule has 1 aromatic rings. The van der Waals surface area contributed by atoms with Crippen LogP contribution >= 0.6 is 0 Å². The number of amides is 1. The average molecular weight is 295 g/mol. The monoisotopic (exact) mass is 295 g/mol. The molecule has 1 saturated heterocycles. The molecule has 0 saturated carbocycles. The van der Waals surface area contributed by atoms with Crippen LogP contribution in [-0.4, -0.2) is 28.6 Å². The van der Waals surface area contributed by atoms with E-state index in [0.29, 0.717) is 6.42 Å². The van der Waals surface area contributed by atoms with E-state index in [1.807, 2.05) is 0 Å². The van der Waals surface area contributed by atoms with Gasteiger partial charge in [-0.2, -0.15) is 0 Å². The van der Waals surface area contributed by atoms with Crippen LogP contribution in [0.4, 0.5) is 4.39 Å². The number of aliphatic carboxylic acids is 1. The molecular formula is C14H18FN3O3. The Morgan fingerprint density at radius 1 is 1.29 bits per heavy atom. The number of carbonyl (C=O) groups excluding carboxylic acids is 1. The van der Waals surface area contributed by atoms with Crippen LogP contribution in [0, 0.1) is 5.82 Å². The quantitative estimate of drug-likeness (QED) is 0.657. The fourth-order valence-corrected chi connectivity index (χ4v) is 2.09. The lowest BCUT2D eigenvalue weighted by atomic mass is 10.0. The van der Waals surface area contributed by atoms with E-state index in [1.54, 1.807) is 12.1 Å². The predicted molar refractivity (Wildman–Crippen MR) is 73.7 cm³/mol. The molecule has 2 atom stereocenters. The number of carboxylic acids is 1. The van der Waals surface area contributed by atoms with E-state index < -0.39 is 17.6 Å². The Morgan fingerprint density at radius 3 is 2.48 bits per heavy atom. The summed E-state index contributed by atoms with van der Waals surface area (Å²) in [6.45, 7) is 2.85. The molecule has 2 rings (SSSR count). The first-order valence-corrected chi connectivity index (χ1v) is 6.61. The third kappa shape index (κ3) is 3.56. The third-order valence-corrected chi connectivity index (χ3v) is 3.46. The minimum Gasteiger partial charge on any atom is -0.480 e. The molecule has 1 fully saturated rings. The van der Waals surface area contributed by atoms with Gasteiger partial charge in [0.05, 0.1) is 0 Å². The summed E-state index contributed by atoms with van der Waals surface area (Å²) in [5.41, 5.74) is 5.32. The molecule has 0 bridgehead atoms. The zero-order valence-corrected chi connectivity index (χ0v) is 11.8. The topological polar surface area (TPSA) is 90.5 Å². The van der Waals surface area contributed by atoms with Gasteiger partial charge in [-0.05, 0) is 38.0 Å². The van der Waals surface area contributed by atoms with Crippen LogP contribution in [0.5, 0.6) is 0 Å². The van der Waals surface area contributed by atoms with E-state index in [0.717, 1.165) is 5.56 Å². The van der Waals surface area contributed by atoms with Crippen molar-refractivity contribution in [1.82, 2.24) is 16.2 Å². The van der Waals surface area contributed by atoms with Crippen LogP contribution in [0.15, 0.2) is 24.3 Å². The van der Waals surface area contributed by atoms with Crippen molar-refractivity contribution in [3.05, 3.63) is 35.6 Å². The SMILES string of the molecule is CC(C)(NC(=O)C1CC(c2ccc(F)cc2)NN1)C(=O)O. The molecular weight excluding hydrogens is 277 g/mol. The van der Waals surface area contributed by atoms with E-state index in [2.05, 4.69) is 16.2 Å². The highest BCUT2D eigenvalue weighted by Gasteiger charge is 2.35. The molecule has 0 aromatic heterocycles. The molecule has 6 nitrogen and oxygen atoms in total. The van der Waals surface area contributed by atoms with Crippen molar-refractivity contribution in [1.29, 1.82) is 0 Å². The van der Waals surface area contributed by atoms with Gasteiger partial charge >= 0.3 is 5.97 Å². The molecule has 1 aliphatic rings. The summed E-state index contributed by atoms with van der Waals surface area (Å²) in [5.74, 6) is -1.81. The summed E-state index contributed by atoms with van der Waals surface area (Å²) in [5, 5.41) is 11.5. The minimum absolute atomic E-state index is 0.130.